The molecule has 0 atom stereocenters. The Morgan fingerprint density at radius 1 is 0.885 bits per heavy atom. The van der Waals surface area contributed by atoms with Gasteiger partial charge in [0.25, 0.3) is 0 Å². The molecule has 0 unspecified atom stereocenters. The molecule has 0 spiro atoms. The van der Waals surface area contributed by atoms with Gasteiger partial charge in [-0.1, -0.05) is 35.9 Å². The highest BCUT2D eigenvalue weighted by atomic mass is 32.2. The zero-order chi connectivity index (χ0) is 19.0. The van der Waals surface area contributed by atoms with Crippen molar-refractivity contribution >= 4 is 11.8 Å². The normalized spacial score (nSPS) is 11.4. The van der Waals surface area contributed by atoms with E-state index in [1.807, 2.05) is 6.92 Å². The SMILES string of the molecule is CSc1c(-c2cc(C)cc(F)c2)c(-c2ccc(C)cc2)n(C(C)C)c1C. The van der Waals surface area contributed by atoms with E-state index in [0.29, 0.717) is 6.04 Å². The van der Waals surface area contributed by atoms with Crippen molar-refractivity contribution < 1.29 is 4.39 Å². The lowest BCUT2D eigenvalue weighted by atomic mass is 9.98. The average molecular weight is 368 g/mol. The van der Waals surface area contributed by atoms with Crippen molar-refractivity contribution in [3.8, 4) is 22.4 Å². The van der Waals surface area contributed by atoms with E-state index in [1.165, 1.54) is 27.4 Å². The molecule has 26 heavy (non-hydrogen) atoms. The summed E-state index contributed by atoms with van der Waals surface area (Å²) >= 11 is 1.74. The Hall–Kier alpha value is -2.00. The summed E-state index contributed by atoms with van der Waals surface area (Å²) in [6.45, 7) is 10.6. The quantitative estimate of drug-likeness (QED) is 0.442. The molecule has 0 radical (unpaired) electrons. The van der Waals surface area contributed by atoms with Gasteiger partial charge < -0.3 is 4.57 Å². The van der Waals surface area contributed by atoms with E-state index in [0.717, 1.165) is 16.7 Å². The van der Waals surface area contributed by atoms with Crippen molar-refractivity contribution in [3.63, 3.8) is 0 Å². The Morgan fingerprint density at radius 3 is 2.08 bits per heavy atom. The second-order valence-electron chi connectivity index (χ2n) is 7.19. The minimum Gasteiger partial charge on any atom is -0.341 e. The minimum absolute atomic E-state index is 0.183. The van der Waals surface area contributed by atoms with Crippen LogP contribution in [0.15, 0.2) is 47.4 Å². The number of thioether (sulfide) groups is 1. The number of hydrogen-bond donors (Lipinski definition) is 0. The Bertz CT molecular complexity index is 916. The van der Waals surface area contributed by atoms with Gasteiger partial charge in [-0.2, -0.15) is 0 Å². The standard InChI is InChI=1S/C23H26FNS/c1-14(2)25-17(5)23(26-6)21(19-11-16(4)12-20(24)13-19)22(25)18-9-7-15(3)8-10-18/h7-14H,1-6H3. The summed E-state index contributed by atoms with van der Waals surface area (Å²) in [4.78, 5) is 1.22. The largest absolute Gasteiger partial charge is 0.341 e. The van der Waals surface area contributed by atoms with Crippen molar-refractivity contribution in [2.75, 3.05) is 6.26 Å². The molecule has 3 rings (SSSR count). The van der Waals surface area contributed by atoms with Gasteiger partial charge in [-0.25, -0.2) is 4.39 Å². The minimum atomic E-state index is -0.183. The van der Waals surface area contributed by atoms with Crippen LogP contribution in [0.3, 0.4) is 0 Å². The van der Waals surface area contributed by atoms with Crippen LogP contribution in [0, 0.1) is 26.6 Å². The fourth-order valence-electron chi connectivity index (χ4n) is 3.72. The molecule has 0 saturated carbocycles. The van der Waals surface area contributed by atoms with Gasteiger partial charge >= 0.3 is 0 Å². The highest BCUT2D eigenvalue weighted by Gasteiger charge is 2.24. The number of benzene rings is 2. The maximum atomic E-state index is 14.2. The first-order valence-electron chi connectivity index (χ1n) is 8.96. The third kappa shape index (κ3) is 3.33. The molecule has 0 N–H and O–H groups in total. The van der Waals surface area contributed by atoms with Gasteiger partial charge in [-0.3, -0.25) is 0 Å². The molecule has 3 heteroatoms. The highest BCUT2D eigenvalue weighted by molar-refractivity contribution is 7.98. The lowest BCUT2D eigenvalue weighted by Gasteiger charge is -2.17. The zero-order valence-electron chi connectivity index (χ0n) is 16.4. The summed E-state index contributed by atoms with van der Waals surface area (Å²) in [5.41, 5.74) is 7.84. The predicted molar refractivity (Wildman–Crippen MR) is 112 cm³/mol. The third-order valence-corrected chi connectivity index (χ3v) is 5.68. The molecule has 136 valence electrons. The molecule has 0 aliphatic heterocycles. The van der Waals surface area contributed by atoms with Crippen LogP contribution < -0.4 is 0 Å². The van der Waals surface area contributed by atoms with Crippen LogP contribution in [0.4, 0.5) is 4.39 Å². The molecule has 2 aromatic carbocycles. The lowest BCUT2D eigenvalue weighted by Crippen LogP contribution is -2.05. The van der Waals surface area contributed by atoms with E-state index >= 15 is 0 Å². The Kier molecular flexibility index (Phi) is 5.29. The summed E-state index contributed by atoms with van der Waals surface area (Å²) in [5, 5.41) is 0. The summed E-state index contributed by atoms with van der Waals surface area (Å²) in [6.07, 6.45) is 2.10. The summed E-state index contributed by atoms with van der Waals surface area (Å²) in [5.74, 6) is -0.183. The number of nitrogens with zero attached hydrogens (tertiary/aromatic N) is 1. The summed E-state index contributed by atoms with van der Waals surface area (Å²) < 4.78 is 16.6. The van der Waals surface area contributed by atoms with E-state index < -0.39 is 0 Å². The van der Waals surface area contributed by atoms with E-state index in [1.54, 1.807) is 23.9 Å². The van der Waals surface area contributed by atoms with Crippen LogP contribution in [-0.2, 0) is 0 Å². The van der Waals surface area contributed by atoms with Gasteiger partial charge in [-0.05, 0) is 69.7 Å². The van der Waals surface area contributed by atoms with Crippen molar-refractivity contribution in [2.45, 2.75) is 45.6 Å². The van der Waals surface area contributed by atoms with Crippen LogP contribution in [0.25, 0.3) is 22.4 Å². The maximum Gasteiger partial charge on any atom is 0.124 e. The molecule has 0 amide bonds. The van der Waals surface area contributed by atoms with Crippen LogP contribution in [0.1, 0.15) is 36.7 Å². The van der Waals surface area contributed by atoms with Gasteiger partial charge in [0.15, 0.2) is 0 Å². The van der Waals surface area contributed by atoms with Crippen molar-refractivity contribution in [2.24, 2.45) is 0 Å². The highest BCUT2D eigenvalue weighted by Crippen LogP contribution is 2.45. The second-order valence-corrected chi connectivity index (χ2v) is 8.01. The first kappa shape index (κ1) is 18.8. The molecule has 1 nitrogen and oxygen atoms in total. The molecule has 0 aliphatic carbocycles. The molecule has 3 aromatic rings. The lowest BCUT2D eigenvalue weighted by molar-refractivity contribution is 0.591. The Morgan fingerprint density at radius 2 is 1.54 bits per heavy atom. The van der Waals surface area contributed by atoms with E-state index in [2.05, 4.69) is 68.8 Å². The average Bonchev–Trinajstić information content (AvgIpc) is 2.87. The van der Waals surface area contributed by atoms with Crippen LogP contribution in [0.5, 0.6) is 0 Å². The van der Waals surface area contributed by atoms with Crippen molar-refractivity contribution in [3.05, 3.63) is 65.1 Å². The summed E-state index contributed by atoms with van der Waals surface area (Å²) in [7, 11) is 0. The van der Waals surface area contributed by atoms with Gasteiger partial charge in [0.2, 0.25) is 0 Å². The fourth-order valence-corrected chi connectivity index (χ4v) is 4.54. The Balaban J connectivity index is 2.41. The predicted octanol–water partition coefficient (Wildman–Crippen LogP) is 7.19. The van der Waals surface area contributed by atoms with E-state index in [4.69, 9.17) is 0 Å². The zero-order valence-corrected chi connectivity index (χ0v) is 17.2. The van der Waals surface area contributed by atoms with Gasteiger partial charge in [0.05, 0.1) is 5.69 Å². The number of hydrogen-bond acceptors (Lipinski definition) is 1. The summed E-state index contributed by atoms with van der Waals surface area (Å²) in [6, 6.07) is 14.3. The van der Waals surface area contributed by atoms with Gasteiger partial charge in [-0.15, -0.1) is 11.8 Å². The second kappa shape index (κ2) is 7.32. The Labute approximate surface area is 160 Å². The molecule has 0 fully saturated rings. The molecule has 1 heterocycles. The smallest absolute Gasteiger partial charge is 0.124 e. The first-order valence-corrected chi connectivity index (χ1v) is 10.2. The number of halogens is 1. The first-order chi connectivity index (χ1) is 12.3. The van der Waals surface area contributed by atoms with Crippen LogP contribution in [-0.4, -0.2) is 10.8 Å². The number of aryl methyl sites for hydroxylation is 2. The molecule has 1 aromatic heterocycles. The number of rotatable bonds is 4. The number of aromatic nitrogens is 1. The maximum absolute atomic E-state index is 14.2. The molecule has 0 aliphatic rings. The molecular weight excluding hydrogens is 341 g/mol. The third-order valence-electron chi connectivity index (χ3n) is 4.77. The van der Waals surface area contributed by atoms with Crippen LogP contribution in [0.2, 0.25) is 0 Å². The van der Waals surface area contributed by atoms with E-state index in [-0.39, 0.29) is 5.82 Å². The molecule has 0 saturated heterocycles. The van der Waals surface area contributed by atoms with E-state index in [9.17, 15) is 4.39 Å². The van der Waals surface area contributed by atoms with Gasteiger partial charge in [0, 0.05) is 22.2 Å². The van der Waals surface area contributed by atoms with Crippen molar-refractivity contribution in [1.82, 2.24) is 4.57 Å². The molecule has 0 bridgehead atoms. The fraction of sp³-hybridized carbons (Fsp3) is 0.304. The topological polar surface area (TPSA) is 4.93 Å². The monoisotopic (exact) mass is 367 g/mol. The molecular formula is C23H26FNS. The van der Waals surface area contributed by atoms with Crippen LogP contribution >= 0.6 is 11.8 Å². The van der Waals surface area contributed by atoms with Gasteiger partial charge in [0.1, 0.15) is 5.82 Å². The van der Waals surface area contributed by atoms with Crippen molar-refractivity contribution in [1.29, 1.82) is 0 Å².